The fourth-order valence-corrected chi connectivity index (χ4v) is 1.82. The molecule has 1 aromatic carbocycles. The minimum Gasteiger partial charge on any atom is -0.481 e. The average molecular weight is 281 g/mol. The number of rotatable bonds is 5. The molecule has 0 aromatic heterocycles. The first-order valence-electron chi connectivity index (χ1n) is 6.46. The van der Waals surface area contributed by atoms with Crippen LogP contribution in [0.2, 0.25) is 0 Å². The quantitative estimate of drug-likeness (QED) is 0.872. The normalized spacial score (nSPS) is 13.9. The topological polar surface area (TPSA) is 66.4 Å². The monoisotopic (exact) mass is 281 g/mol. The molecule has 1 amide bonds. The first kappa shape index (κ1) is 16.1. The summed E-state index contributed by atoms with van der Waals surface area (Å²) in [4.78, 5) is 23.1. The molecule has 0 aliphatic rings. The number of benzene rings is 1. The molecule has 0 aliphatic carbocycles. The molecule has 1 rings (SSSR count). The van der Waals surface area contributed by atoms with Crippen LogP contribution in [0, 0.1) is 18.7 Å². The number of carboxylic acids is 1. The molecule has 0 saturated heterocycles. The highest BCUT2D eigenvalue weighted by atomic mass is 19.1. The Balaban J connectivity index is 2.96. The van der Waals surface area contributed by atoms with Crippen LogP contribution in [0.25, 0.3) is 0 Å². The fourth-order valence-electron chi connectivity index (χ4n) is 1.82. The van der Waals surface area contributed by atoms with Crippen molar-refractivity contribution in [2.45, 2.75) is 39.7 Å². The van der Waals surface area contributed by atoms with Crippen molar-refractivity contribution in [2.24, 2.45) is 5.92 Å². The smallest absolute Gasteiger partial charge is 0.305 e. The summed E-state index contributed by atoms with van der Waals surface area (Å²) in [6.07, 6.45) is -0.170. The number of aryl methyl sites for hydroxylation is 1. The molecule has 1 unspecified atom stereocenters. The molecular weight excluding hydrogens is 261 g/mol. The second-order valence-corrected chi connectivity index (χ2v) is 5.56. The predicted molar refractivity (Wildman–Crippen MR) is 74.1 cm³/mol. The van der Waals surface area contributed by atoms with Gasteiger partial charge in [0.1, 0.15) is 5.82 Å². The molecule has 0 heterocycles. The van der Waals surface area contributed by atoms with E-state index in [9.17, 15) is 14.0 Å². The van der Waals surface area contributed by atoms with Crippen LogP contribution in [0.5, 0.6) is 0 Å². The maximum atomic E-state index is 13.2. The Labute approximate surface area is 118 Å². The largest absolute Gasteiger partial charge is 0.481 e. The van der Waals surface area contributed by atoms with Crippen molar-refractivity contribution in [3.63, 3.8) is 0 Å². The van der Waals surface area contributed by atoms with E-state index in [2.05, 4.69) is 5.32 Å². The molecule has 0 radical (unpaired) electrons. The van der Waals surface area contributed by atoms with Crippen LogP contribution in [-0.4, -0.2) is 22.5 Å². The zero-order valence-corrected chi connectivity index (χ0v) is 12.2. The second-order valence-electron chi connectivity index (χ2n) is 5.56. The molecule has 2 N–H and O–H groups in total. The highest BCUT2D eigenvalue weighted by Crippen LogP contribution is 2.22. The van der Waals surface area contributed by atoms with Crippen molar-refractivity contribution in [3.05, 3.63) is 35.1 Å². The molecule has 110 valence electrons. The zero-order chi connectivity index (χ0) is 15.5. The summed E-state index contributed by atoms with van der Waals surface area (Å²) < 4.78 is 13.2. The third-order valence-electron chi connectivity index (χ3n) is 3.61. The van der Waals surface area contributed by atoms with Crippen molar-refractivity contribution in [1.82, 2.24) is 5.32 Å². The van der Waals surface area contributed by atoms with Gasteiger partial charge in [0.05, 0.1) is 12.0 Å². The van der Waals surface area contributed by atoms with Gasteiger partial charge in [0, 0.05) is 5.56 Å². The first-order valence-corrected chi connectivity index (χ1v) is 6.46. The summed E-state index contributed by atoms with van der Waals surface area (Å²) >= 11 is 0. The van der Waals surface area contributed by atoms with Crippen LogP contribution in [0.4, 0.5) is 4.39 Å². The van der Waals surface area contributed by atoms with E-state index in [1.54, 1.807) is 13.8 Å². The summed E-state index contributed by atoms with van der Waals surface area (Å²) in [5, 5.41) is 11.7. The summed E-state index contributed by atoms with van der Waals surface area (Å²) in [6.45, 7) is 6.96. The summed E-state index contributed by atoms with van der Waals surface area (Å²) in [6, 6.07) is 4.07. The van der Waals surface area contributed by atoms with Gasteiger partial charge in [0.15, 0.2) is 0 Å². The van der Waals surface area contributed by atoms with E-state index in [1.807, 2.05) is 13.8 Å². The lowest BCUT2D eigenvalue weighted by molar-refractivity contribution is -0.138. The SMILES string of the molecule is Cc1cc(C(=O)NC(C)(CC(=O)O)C(C)C)ccc1F. The highest BCUT2D eigenvalue weighted by molar-refractivity contribution is 5.95. The van der Waals surface area contributed by atoms with Crippen LogP contribution in [0.1, 0.15) is 43.1 Å². The number of nitrogens with one attached hydrogen (secondary N) is 1. The van der Waals surface area contributed by atoms with Gasteiger partial charge in [-0.15, -0.1) is 0 Å². The van der Waals surface area contributed by atoms with Gasteiger partial charge >= 0.3 is 5.97 Å². The van der Waals surface area contributed by atoms with Crippen LogP contribution in [0.3, 0.4) is 0 Å². The van der Waals surface area contributed by atoms with Crippen LogP contribution in [-0.2, 0) is 4.79 Å². The average Bonchev–Trinajstić information content (AvgIpc) is 2.31. The van der Waals surface area contributed by atoms with Crippen molar-refractivity contribution < 1.29 is 19.1 Å². The Hall–Kier alpha value is -1.91. The maximum absolute atomic E-state index is 13.2. The summed E-state index contributed by atoms with van der Waals surface area (Å²) in [5.74, 6) is -1.80. The number of halogens is 1. The van der Waals surface area contributed by atoms with Crippen molar-refractivity contribution in [3.8, 4) is 0 Å². The Morgan fingerprint density at radius 1 is 1.40 bits per heavy atom. The van der Waals surface area contributed by atoms with E-state index < -0.39 is 17.4 Å². The van der Waals surface area contributed by atoms with E-state index in [4.69, 9.17) is 5.11 Å². The lowest BCUT2D eigenvalue weighted by Crippen LogP contribution is -2.51. The Bertz CT molecular complexity index is 528. The minimum atomic E-state index is -0.975. The molecule has 1 atom stereocenters. The number of carbonyl (C=O) groups is 2. The van der Waals surface area contributed by atoms with E-state index >= 15 is 0 Å². The number of aliphatic carboxylic acids is 1. The van der Waals surface area contributed by atoms with Gasteiger partial charge in [-0.1, -0.05) is 13.8 Å². The highest BCUT2D eigenvalue weighted by Gasteiger charge is 2.33. The Morgan fingerprint density at radius 3 is 2.45 bits per heavy atom. The summed E-state index contributed by atoms with van der Waals surface area (Å²) in [7, 11) is 0. The number of carbonyl (C=O) groups excluding carboxylic acids is 1. The number of hydrogen-bond donors (Lipinski definition) is 2. The number of carboxylic acid groups (broad SMARTS) is 1. The maximum Gasteiger partial charge on any atom is 0.305 e. The van der Waals surface area contributed by atoms with Crippen LogP contribution < -0.4 is 5.32 Å². The van der Waals surface area contributed by atoms with Crippen molar-refractivity contribution in [2.75, 3.05) is 0 Å². The third kappa shape index (κ3) is 3.79. The first-order chi connectivity index (χ1) is 9.15. The standard InChI is InChI=1S/C15H20FNO3/c1-9(2)15(4,8-13(18)19)17-14(20)11-5-6-12(16)10(3)7-11/h5-7,9H,8H2,1-4H3,(H,17,20)(H,18,19). The van der Waals surface area contributed by atoms with Gasteiger partial charge in [-0.25, -0.2) is 4.39 Å². The molecule has 20 heavy (non-hydrogen) atoms. The molecule has 0 bridgehead atoms. The number of hydrogen-bond acceptors (Lipinski definition) is 2. The molecule has 0 fully saturated rings. The molecule has 5 heteroatoms. The molecule has 1 aromatic rings. The van der Waals surface area contributed by atoms with Gasteiger partial charge < -0.3 is 10.4 Å². The lowest BCUT2D eigenvalue weighted by Gasteiger charge is -2.33. The Kier molecular flexibility index (Phi) is 4.87. The van der Waals surface area contributed by atoms with Gasteiger partial charge in [-0.05, 0) is 43.5 Å². The van der Waals surface area contributed by atoms with Crippen molar-refractivity contribution >= 4 is 11.9 Å². The Morgan fingerprint density at radius 2 is 2.00 bits per heavy atom. The third-order valence-corrected chi connectivity index (χ3v) is 3.61. The van der Waals surface area contributed by atoms with Gasteiger partial charge in [0.2, 0.25) is 0 Å². The van der Waals surface area contributed by atoms with E-state index in [0.29, 0.717) is 11.1 Å². The molecular formula is C15H20FNO3. The van der Waals surface area contributed by atoms with Gasteiger partial charge in [-0.2, -0.15) is 0 Å². The van der Waals surface area contributed by atoms with Crippen molar-refractivity contribution in [1.29, 1.82) is 0 Å². The van der Waals surface area contributed by atoms with E-state index in [1.165, 1.54) is 18.2 Å². The van der Waals surface area contributed by atoms with E-state index in [-0.39, 0.29) is 18.2 Å². The lowest BCUT2D eigenvalue weighted by atomic mass is 9.85. The molecule has 0 saturated carbocycles. The molecule has 4 nitrogen and oxygen atoms in total. The van der Waals surface area contributed by atoms with Gasteiger partial charge in [0.25, 0.3) is 5.91 Å². The minimum absolute atomic E-state index is 0.0518. The van der Waals surface area contributed by atoms with Crippen LogP contribution in [0.15, 0.2) is 18.2 Å². The van der Waals surface area contributed by atoms with E-state index in [0.717, 1.165) is 0 Å². The zero-order valence-electron chi connectivity index (χ0n) is 12.2. The van der Waals surface area contributed by atoms with Crippen LogP contribution >= 0.6 is 0 Å². The second kappa shape index (κ2) is 6.03. The fraction of sp³-hybridized carbons (Fsp3) is 0.467. The molecule has 0 aliphatic heterocycles. The predicted octanol–water partition coefficient (Wildman–Crippen LogP) is 2.75. The summed E-state index contributed by atoms with van der Waals surface area (Å²) in [5.41, 5.74) is -0.158. The van der Waals surface area contributed by atoms with Gasteiger partial charge in [-0.3, -0.25) is 9.59 Å². The number of amides is 1. The molecule has 0 spiro atoms.